The summed E-state index contributed by atoms with van der Waals surface area (Å²) in [5.74, 6) is 0.914. The first-order valence-electron chi connectivity index (χ1n) is 11.1. The molecule has 0 atom stereocenters. The molecule has 1 N–H and O–H groups in total. The fourth-order valence-corrected chi connectivity index (χ4v) is 4.75. The van der Waals surface area contributed by atoms with Crippen LogP contribution < -0.4 is 4.90 Å². The molecule has 31 heavy (non-hydrogen) atoms. The van der Waals surface area contributed by atoms with Gasteiger partial charge in [0.15, 0.2) is 0 Å². The van der Waals surface area contributed by atoms with Crippen molar-refractivity contribution in [2.24, 2.45) is 0 Å². The van der Waals surface area contributed by atoms with E-state index in [1.165, 1.54) is 0 Å². The normalized spacial score (nSPS) is 19.4. The van der Waals surface area contributed by atoms with E-state index in [-0.39, 0.29) is 17.6 Å². The predicted molar refractivity (Wildman–Crippen MR) is 115 cm³/mol. The highest BCUT2D eigenvalue weighted by molar-refractivity contribution is 5.89. The van der Waals surface area contributed by atoms with Crippen molar-refractivity contribution in [3.63, 3.8) is 0 Å². The van der Waals surface area contributed by atoms with Gasteiger partial charge in [0.1, 0.15) is 11.9 Å². The lowest BCUT2D eigenvalue weighted by atomic mass is 9.65. The van der Waals surface area contributed by atoms with Gasteiger partial charge in [-0.15, -0.1) is 0 Å². The molecule has 3 aliphatic rings. The number of aromatic amines is 1. The Balaban J connectivity index is 1.36. The minimum atomic E-state index is -0.248. The number of pyridine rings is 1. The van der Waals surface area contributed by atoms with Crippen LogP contribution in [0, 0.1) is 11.3 Å². The van der Waals surface area contributed by atoms with Crippen LogP contribution in [-0.4, -0.2) is 33.7 Å². The molecule has 0 saturated heterocycles. The van der Waals surface area contributed by atoms with Crippen LogP contribution in [0.5, 0.6) is 0 Å². The summed E-state index contributed by atoms with van der Waals surface area (Å²) in [7, 11) is 0. The van der Waals surface area contributed by atoms with E-state index in [9.17, 15) is 10.1 Å². The first kappa shape index (κ1) is 18.4. The minimum absolute atomic E-state index is 0.0954. The Morgan fingerprint density at radius 1 is 1.19 bits per heavy atom. The van der Waals surface area contributed by atoms with Gasteiger partial charge >= 0.3 is 6.09 Å². The van der Waals surface area contributed by atoms with Crippen LogP contribution in [0.4, 0.5) is 10.5 Å². The second kappa shape index (κ2) is 6.81. The lowest BCUT2D eigenvalue weighted by Crippen LogP contribution is -2.39. The van der Waals surface area contributed by atoms with E-state index in [0.717, 1.165) is 78.9 Å². The zero-order valence-electron chi connectivity index (χ0n) is 17.2. The Kier molecular flexibility index (Phi) is 4.04. The van der Waals surface area contributed by atoms with Gasteiger partial charge in [-0.25, -0.2) is 9.78 Å². The first-order valence-corrected chi connectivity index (χ1v) is 11.1. The molecule has 2 aromatic heterocycles. The monoisotopic (exact) mass is 413 g/mol. The van der Waals surface area contributed by atoms with Crippen LogP contribution in [-0.2, 0) is 16.6 Å². The maximum absolute atomic E-state index is 12.6. The van der Waals surface area contributed by atoms with Crippen LogP contribution in [0.2, 0.25) is 0 Å². The summed E-state index contributed by atoms with van der Waals surface area (Å²) in [6, 6.07) is 11.8. The molecule has 7 heteroatoms. The number of benzene rings is 1. The second-order valence-electron chi connectivity index (χ2n) is 8.87. The van der Waals surface area contributed by atoms with E-state index in [2.05, 4.69) is 17.1 Å². The third-order valence-electron chi connectivity index (χ3n) is 6.81. The number of rotatable bonds is 3. The summed E-state index contributed by atoms with van der Waals surface area (Å²) < 4.78 is 5.53. The zero-order valence-corrected chi connectivity index (χ0v) is 17.2. The molecular formula is C24H23N5O2. The van der Waals surface area contributed by atoms with Gasteiger partial charge in [0.2, 0.25) is 0 Å². The van der Waals surface area contributed by atoms with Crippen molar-refractivity contribution in [2.45, 2.75) is 56.5 Å². The topological polar surface area (TPSA) is 94.9 Å². The molecule has 1 aromatic carbocycles. The van der Waals surface area contributed by atoms with E-state index in [4.69, 9.17) is 14.7 Å². The second-order valence-corrected chi connectivity index (χ2v) is 8.87. The molecule has 1 aliphatic heterocycles. The summed E-state index contributed by atoms with van der Waals surface area (Å²) in [5, 5.41) is 9.19. The molecule has 6 rings (SSSR count). The van der Waals surface area contributed by atoms with Crippen LogP contribution in [0.3, 0.4) is 0 Å². The van der Waals surface area contributed by atoms with E-state index in [0.29, 0.717) is 12.1 Å². The van der Waals surface area contributed by atoms with E-state index in [1.54, 1.807) is 11.0 Å². The highest BCUT2D eigenvalue weighted by Gasteiger charge is 2.45. The molecule has 0 spiro atoms. The van der Waals surface area contributed by atoms with Crippen LogP contribution in [0.25, 0.3) is 11.0 Å². The third-order valence-corrected chi connectivity index (χ3v) is 6.81. The number of imidazole rings is 1. The average molecular weight is 413 g/mol. The van der Waals surface area contributed by atoms with Crippen molar-refractivity contribution in [3.8, 4) is 6.07 Å². The number of hydrogen-bond donors (Lipinski definition) is 1. The molecular weight excluding hydrogens is 390 g/mol. The highest BCUT2D eigenvalue weighted by atomic mass is 16.6. The SMILES string of the molecule is N#Cc1ccc2nc(C3(c4ccc5c(n4)CCCN5C(=O)OC4CC4)CCC3)[nH]c2c1. The lowest BCUT2D eigenvalue weighted by Gasteiger charge is -2.40. The van der Waals surface area contributed by atoms with Crippen molar-refractivity contribution in [2.75, 3.05) is 11.4 Å². The standard InChI is InChI=1S/C24H23N5O2/c25-14-15-4-7-17-19(13-15)28-22(27-17)24(10-2-11-24)21-9-8-20-18(26-21)3-1-12-29(20)23(30)31-16-5-6-16/h4,7-9,13,16H,1-3,5-6,10-12H2,(H,27,28). The zero-order chi connectivity index (χ0) is 21.0. The Labute approximate surface area is 180 Å². The van der Waals surface area contributed by atoms with E-state index in [1.807, 2.05) is 18.2 Å². The number of nitriles is 1. The summed E-state index contributed by atoms with van der Waals surface area (Å²) in [4.78, 5) is 27.7. The number of nitrogens with zero attached hydrogens (tertiary/aromatic N) is 4. The number of H-pyrrole nitrogens is 1. The summed E-state index contributed by atoms with van der Waals surface area (Å²) >= 11 is 0. The van der Waals surface area contributed by atoms with Crippen molar-refractivity contribution >= 4 is 22.8 Å². The van der Waals surface area contributed by atoms with Gasteiger partial charge in [0.25, 0.3) is 0 Å². The fourth-order valence-electron chi connectivity index (χ4n) is 4.75. The Morgan fingerprint density at radius 3 is 2.81 bits per heavy atom. The Morgan fingerprint density at radius 2 is 2.06 bits per heavy atom. The average Bonchev–Trinajstić information content (AvgIpc) is 3.47. The number of hydrogen-bond acceptors (Lipinski definition) is 5. The lowest BCUT2D eigenvalue weighted by molar-refractivity contribution is 0.146. The molecule has 2 aliphatic carbocycles. The number of nitrogens with one attached hydrogen (secondary N) is 1. The van der Waals surface area contributed by atoms with Gasteiger partial charge in [-0.2, -0.15) is 5.26 Å². The predicted octanol–water partition coefficient (Wildman–Crippen LogP) is 4.35. The molecule has 2 saturated carbocycles. The summed E-state index contributed by atoms with van der Waals surface area (Å²) in [6.45, 7) is 0.676. The molecule has 2 fully saturated rings. The van der Waals surface area contributed by atoms with Crippen molar-refractivity contribution in [1.82, 2.24) is 15.0 Å². The number of aromatic nitrogens is 3. The number of aryl methyl sites for hydroxylation is 1. The van der Waals surface area contributed by atoms with Gasteiger partial charge in [-0.05, 0) is 68.9 Å². The minimum Gasteiger partial charge on any atom is -0.446 e. The number of ether oxygens (including phenoxy) is 1. The van der Waals surface area contributed by atoms with Crippen molar-refractivity contribution < 1.29 is 9.53 Å². The summed E-state index contributed by atoms with van der Waals surface area (Å²) in [5.41, 5.74) is 4.98. The quantitative estimate of drug-likeness (QED) is 0.689. The smallest absolute Gasteiger partial charge is 0.414 e. The molecule has 156 valence electrons. The molecule has 0 radical (unpaired) electrons. The molecule has 0 bridgehead atoms. The van der Waals surface area contributed by atoms with Gasteiger partial charge in [-0.3, -0.25) is 9.88 Å². The number of fused-ring (bicyclic) bond motifs is 2. The maximum Gasteiger partial charge on any atom is 0.414 e. The molecule has 1 amide bonds. The van der Waals surface area contributed by atoms with Crippen molar-refractivity contribution in [1.29, 1.82) is 5.26 Å². The Bertz CT molecular complexity index is 1230. The number of carbonyl (C=O) groups is 1. The van der Waals surface area contributed by atoms with Crippen LogP contribution >= 0.6 is 0 Å². The van der Waals surface area contributed by atoms with Gasteiger partial charge in [-0.1, -0.05) is 6.42 Å². The van der Waals surface area contributed by atoms with E-state index >= 15 is 0 Å². The summed E-state index contributed by atoms with van der Waals surface area (Å²) in [6.07, 6.45) is 6.63. The van der Waals surface area contributed by atoms with Crippen LogP contribution in [0.1, 0.15) is 61.3 Å². The van der Waals surface area contributed by atoms with Gasteiger partial charge in [0.05, 0.1) is 45.2 Å². The van der Waals surface area contributed by atoms with Gasteiger partial charge in [0, 0.05) is 6.54 Å². The highest BCUT2D eigenvalue weighted by Crippen LogP contribution is 2.48. The third kappa shape index (κ3) is 2.97. The van der Waals surface area contributed by atoms with Crippen molar-refractivity contribution in [3.05, 3.63) is 53.1 Å². The number of carbonyl (C=O) groups excluding carboxylic acids is 1. The molecule has 3 heterocycles. The first-order chi connectivity index (χ1) is 15.2. The maximum atomic E-state index is 12.6. The number of anilines is 1. The molecule has 0 unspecified atom stereocenters. The Hall–Kier alpha value is -3.40. The van der Waals surface area contributed by atoms with E-state index < -0.39 is 0 Å². The molecule has 3 aromatic rings. The van der Waals surface area contributed by atoms with Crippen LogP contribution in [0.15, 0.2) is 30.3 Å². The molecule has 7 nitrogen and oxygen atoms in total. The fraction of sp³-hybridized carbons (Fsp3) is 0.417. The largest absolute Gasteiger partial charge is 0.446 e. The number of amides is 1. The van der Waals surface area contributed by atoms with Gasteiger partial charge < -0.3 is 9.72 Å².